The van der Waals surface area contributed by atoms with Gasteiger partial charge in [-0.05, 0) is 25.8 Å². The van der Waals surface area contributed by atoms with Crippen molar-refractivity contribution in [1.29, 1.82) is 0 Å². The molecule has 1 aromatic rings. The summed E-state index contributed by atoms with van der Waals surface area (Å²) < 4.78 is 13.8. The van der Waals surface area contributed by atoms with Gasteiger partial charge in [-0.3, -0.25) is 4.79 Å². The second-order valence-electron chi connectivity index (χ2n) is 5.03. The lowest BCUT2D eigenvalue weighted by Gasteiger charge is -2.32. The molecule has 0 saturated heterocycles. The van der Waals surface area contributed by atoms with Gasteiger partial charge in [0.2, 0.25) is 0 Å². The molecule has 0 amide bonds. The number of carbonyl (C=O) groups excluding carboxylic acids is 1. The Morgan fingerprint density at radius 3 is 3.00 bits per heavy atom. The minimum atomic E-state index is -0.791. The Hall–Kier alpha value is -1.71. The van der Waals surface area contributed by atoms with Crippen molar-refractivity contribution in [2.45, 2.75) is 32.3 Å². The van der Waals surface area contributed by atoms with Gasteiger partial charge in [0.1, 0.15) is 28.8 Å². The summed E-state index contributed by atoms with van der Waals surface area (Å²) in [5, 5.41) is 3.99. The van der Waals surface area contributed by atoms with Gasteiger partial charge < -0.3 is 4.84 Å². The summed E-state index contributed by atoms with van der Waals surface area (Å²) in [6.45, 7) is 1.82. The molecule has 3 rings (SSSR count). The maximum absolute atomic E-state index is 13.8. The molecule has 1 aliphatic carbocycles. The molecular weight excluding hydrogens is 233 g/mol. The van der Waals surface area contributed by atoms with Crippen molar-refractivity contribution in [3.05, 3.63) is 35.6 Å². The summed E-state index contributed by atoms with van der Waals surface area (Å²) in [7, 11) is 0. The first-order chi connectivity index (χ1) is 8.64. The zero-order valence-corrected chi connectivity index (χ0v) is 10.1. The van der Waals surface area contributed by atoms with E-state index < -0.39 is 5.41 Å². The zero-order chi connectivity index (χ0) is 12.8. The van der Waals surface area contributed by atoms with Crippen LogP contribution < -0.4 is 0 Å². The summed E-state index contributed by atoms with van der Waals surface area (Å²) >= 11 is 0. The van der Waals surface area contributed by atoms with Crippen LogP contribution in [0.5, 0.6) is 0 Å². The van der Waals surface area contributed by atoms with Gasteiger partial charge in [0.15, 0.2) is 0 Å². The van der Waals surface area contributed by atoms with Crippen molar-refractivity contribution in [1.82, 2.24) is 0 Å². The molecule has 0 N–H and O–H groups in total. The zero-order valence-electron chi connectivity index (χ0n) is 10.1. The van der Waals surface area contributed by atoms with E-state index >= 15 is 0 Å². The monoisotopic (exact) mass is 247 g/mol. The van der Waals surface area contributed by atoms with Crippen LogP contribution in [-0.4, -0.2) is 17.6 Å². The predicted octanol–water partition coefficient (Wildman–Crippen LogP) is 2.69. The fraction of sp³-hybridized carbons (Fsp3) is 0.429. The largest absolute Gasteiger partial charge is 0.391 e. The van der Waals surface area contributed by atoms with Gasteiger partial charge in [0, 0.05) is 12.0 Å². The summed E-state index contributed by atoms with van der Waals surface area (Å²) in [5.74, 6) is -0.265. The highest BCUT2D eigenvalue weighted by Crippen LogP contribution is 2.43. The van der Waals surface area contributed by atoms with E-state index in [1.165, 1.54) is 6.07 Å². The molecule has 0 bridgehead atoms. The number of hydrogen-bond donors (Lipinski definition) is 0. The van der Waals surface area contributed by atoms with E-state index in [-0.39, 0.29) is 17.7 Å². The van der Waals surface area contributed by atoms with Crippen LogP contribution in [-0.2, 0) is 9.63 Å². The number of oxime groups is 1. The number of hydrogen-bond acceptors (Lipinski definition) is 3. The first-order valence-corrected chi connectivity index (χ1v) is 6.16. The topological polar surface area (TPSA) is 38.7 Å². The summed E-state index contributed by atoms with van der Waals surface area (Å²) in [6, 6.07) is 6.39. The van der Waals surface area contributed by atoms with Gasteiger partial charge >= 0.3 is 0 Å². The van der Waals surface area contributed by atoms with Crippen LogP contribution in [0.3, 0.4) is 0 Å². The molecule has 2 atom stereocenters. The minimum Gasteiger partial charge on any atom is -0.391 e. The van der Waals surface area contributed by atoms with Gasteiger partial charge in [-0.2, -0.15) is 0 Å². The van der Waals surface area contributed by atoms with Gasteiger partial charge in [-0.25, -0.2) is 4.39 Å². The molecule has 1 aliphatic heterocycles. The lowest BCUT2D eigenvalue weighted by Crippen LogP contribution is -2.46. The maximum atomic E-state index is 13.8. The third-order valence-electron chi connectivity index (χ3n) is 3.99. The standard InChI is InChI=1S/C14H14FNO2/c1-14-11(17)7-4-8-12(14)18-16-13(14)9-5-2-3-6-10(9)15/h2-3,5-6,12H,4,7-8H2,1H3/t12-,14+/m1/s1. The van der Waals surface area contributed by atoms with Gasteiger partial charge in [-0.1, -0.05) is 23.4 Å². The molecule has 1 heterocycles. The number of benzene rings is 1. The molecule has 18 heavy (non-hydrogen) atoms. The van der Waals surface area contributed by atoms with Crippen LogP contribution in [0, 0.1) is 11.2 Å². The molecular formula is C14H14FNO2. The highest BCUT2D eigenvalue weighted by molar-refractivity contribution is 6.18. The number of rotatable bonds is 1. The average molecular weight is 247 g/mol. The Morgan fingerprint density at radius 1 is 1.44 bits per heavy atom. The van der Waals surface area contributed by atoms with Crippen LogP contribution in [0.15, 0.2) is 29.4 Å². The molecule has 94 valence electrons. The molecule has 1 fully saturated rings. The van der Waals surface area contributed by atoms with E-state index in [2.05, 4.69) is 5.16 Å². The van der Waals surface area contributed by atoms with Crippen LogP contribution in [0.2, 0.25) is 0 Å². The van der Waals surface area contributed by atoms with Gasteiger partial charge in [-0.15, -0.1) is 0 Å². The van der Waals surface area contributed by atoms with Crippen molar-refractivity contribution in [2.24, 2.45) is 10.6 Å². The molecule has 0 spiro atoms. The Kier molecular flexibility index (Phi) is 2.47. The Labute approximate surface area is 105 Å². The second kappa shape index (κ2) is 3.90. The average Bonchev–Trinajstić information content (AvgIpc) is 2.70. The molecule has 1 saturated carbocycles. The van der Waals surface area contributed by atoms with Crippen LogP contribution >= 0.6 is 0 Å². The van der Waals surface area contributed by atoms with Gasteiger partial charge in [0.25, 0.3) is 0 Å². The number of carbonyl (C=O) groups is 1. The first kappa shape index (κ1) is 11.4. The molecule has 0 unspecified atom stereocenters. The number of halogens is 1. The van der Waals surface area contributed by atoms with E-state index in [4.69, 9.17) is 4.84 Å². The van der Waals surface area contributed by atoms with Crippen molar-refractivity contribution in [3.8, 4) is 0 Å². The van der Waals surface area contributed by atoms with Gasteiger partial charge in [0.05, 0.1) is 0 Å². The number of nitrogens with zero attached hydrogens (tertiary/aromatic N) is 1. The molecule has 4 heteroatoms. The van der Waals surface area contributed by atoms with Crippen LogP contribution in [0.4, 0.5) is 4.39 Å². The first-order valence-electron chi connectivity index (χ1n) is 6.16. The SMILES string of the molecule is C[C@]12C(=O)CCC[C@H]1ON=C2c1ccccc1F. The summed E-state index contributed by atoms with van der Waals surface area (Å²) in [5.41, 5.74) is 0.0218. The van der Waals surface area contributed by atoms with E-state index in [9.17, 15) is 9.18 Å². The van der Waals surface area contributed by atoms with E-state index in [0.717, 1.165) is 12.8 Å². The normalized spacial score (nSPS) is 30.7. The second-order valence-corrected chi connectivity index (χ2v) is 5.03. The number of fused-ring (bicyclic) bond motifs is 1. The van der Waals surface area contributed by atoms with Crippen molar-refractivity contribution >= 4 is 11.5 Å². The van der Waals surface area contributed by atoms with Crippen LogP contribution in [0.1, 0.15) is 31.7 Å². The lowest BCUT2D eigenvalue weighted by atomic mass is 9.68. The Bertz CT molecular complexity index is 540. The molecule has 0 aromatic heterocycles. The van der Waals surface area contributed by atoms with Crippen molar-refractivity contribution < 1.29 is 14.0 Å². The van der Waals surface area contributed by atoms with E-state index in [0.29, 0.717) is 17.7 Å². The fourth-order valence-electron chi connectivity index (χ4n) is 2.81. The van der Waals surface area contributed by atoms with Crippen molar-refractivity contribution in [3.63, 3.8) is 0 Å². The summed E-state index contributed by atoms with van der Waals surface area (Å²) in [4.78, 5) is 17.6. The third kappa shape index (κ3) is 1.41. The Morgan fingerprint density at radius 2 is 2.22 bits per heavy atom. The summed E-state index contributed by atoms with van der Waals surface area (Å²) in [6.07, 6.45) is 1.89. The quantitative estimate of drug-likeness (QED) is 0.765. The lowest BCUT2D eigenvalue weighted by molar-refractivity contribution is -0.132. The third-order valence-corrected chi connectivity index (χ3v) is 3.99. The number of ketones is 1. The smallest absolute Gasteiger partial charge is 0.148 e. The fourth-order valence-corrected chi connectivity index (χ4v) is 2.81. The number of Topliss-reactive ketones (excluding diaryl/α,β-unsaturated/α-hetero) is 1. The Balaban J connectivity index is 2.08. The van der Waals surface area contributed by atoms with E-state index in [1.807, 2.05) is 6.92 Å². The molecule has 1 aromatic carbocycles. The highest BCUT2D eigenvalue weighted by atomic mass is 19.1. The molecule has 0 radical (unpaired) electrons. The molecule has 2 aliphatic rings. The van der Waals surface area contributed by atoms with Crippen LogP contribution in [0.25, 0.3) is 0 Å². The molecule has 3 nitrogen and oxygen atoms in total. The maximum Gasteiger partial charge on any atom is 0.148 e. The minimum absolute atomic E-state index is 0.0956. The van der Waals surface area contributed by atoms with Crippen molar-refractivity contribution in [2.75, 3.05) is 0 Å². The van der Waals surface area contributed by atoms with E-state index in [1.54, 1.807) is 18.2 Å². The highest BCUT2D eigenvalue weighted by Gasteiger charge is 2.53. The predicted molar refractivity (Wildman–Crippen MR) is 64.8 cm³/mol.